The van der Waals surface area contributed by atoms with Gasteiger partial charge in [0.1, 0.15) is 42.1 Å². The van der Waals surface area contributed by atoms with Crippen molar-refractivity contribution in [1.29, 1.82) is 0 Å². The Kier molecular flexibility index (Phi) is 8.16. The van der Waals surface area contributed by atoms with Gasteiger partial charge in [0, 0.05) is 37.6 Å². The molecule has 2 aliphatic heterocycles. The number of hydrogen-bond acceptors (Lipinski definition) is 8. The van der Waals surface area contributed by atoms with Gasteiger partial charge in [-0.2, -0.15) is 0 Å². The van der Waals surface area contributed by atoms with Crippen LogP contribution in [-0.2, 0) is 4.74 Å². The molecule has 5 rings (SSSR count). The first-order valence-corrected chi connectivity index (χ1v) is 13.0. The number of methoxy groups -OCH3 is 1. The Labute approximate surface area is 220 Å². The maximum absolute atomic E-state index is 6.49. The summed E-state index contributed by atoms with van der Waals surface area (Å²) >= 11 is 12.7. The van der Waals surface area contributed by atoms with Gasteiger partial charge in [0.25, 0.3) is 0 Å². The van der Waals surface area contributed by atoms with Crippen molar-refractivity contribution in [3.8, 4) is 17.2 Å². The Morgan fingerprint density at radius 2 is 1.83 bits per heavy atom. The summed E-state index contributed by atoms with van der Waals surface area (Å²) in [6, 6.07) is 7.24. The first-order chi connectivity index (χ1) is 17.6. The van der Waals surface area contributed by atoms with E-state index < -0.39 is 0 Å². The van der Waals surface area contributed by atoms with E-state index in [1.54, 1.807) is 19.2 Å². The van der Waals surface area contributed by atoms with Gasteiger partial charge < -0.3 is 24.3 Å². The summed E-state index contributed by atoms with van der Waals surface area (Å²) in [7, 11) is 1.56. The van der Waals surface area contributed by atoms with Gasteiger partial charge in [0.05, 0.1) is 47.0 Å². The lowest BCUT2D eigenvalue weighted by atomic mass is 10.1. The van der Waals surface area contributed by atoms with Crippen molar-refractivity contribution in [2.75, 3.05) is 51.9 Å². The molecule has 1 N–H and O–H groups in total. The van der Waals surface area contributed by atoms with Crippen molar-refractivity contribution in [2.45, 2.75) is 31.8 Å². The van der Waals surface area contributed by atoms with Crippen LogP contribution in [0.25, 0.3) is 10.9 Å². The van der Waals surface area contributed by atoms with Crippen LogP contribution in [0.4, 0.5) is 11.5 Å². The van der Waals surface area contributed by atoms with Crippen molar-refractivity contribution in [3.63, 3.8) is 0 Å². The standard InChI is InChI=1S/C26H30Cl2N4O4/c1-33-23-15-21(19(27)14-20(23)28)31-26-25-22(29-16-30-26)12-18(35-11-8-32-6-2-3-7-32)13-24(25)36-17-4-9-34-10-5-17/h12-17H,2-11H2,1H3,(H,29,30,31). The molecule has 0 amide bonds. The molecule has 0 atom stereocenters. The molecular formula is C26H30Cl2N4O4. The third-order valence-corrected chi connectivity index (χ3v) is 7.11. The van der Waals surface area contributed by atoms with Crippen LogP contribution in [0, 0.1) is 0 Å². The SMILES string of the molecule is COc1cc(Nc2ncnc3cc(OCCN4CCCC4)cc(OC4CCOCC4)c23)c(Cl)cc1Cl. The Morgan fingerprint density at radius 1 is 1.03 bits per heavy atom. The number of likely N-dealkylation sites (tertiary alicyclic amines) is 1. The van der Waals surface area contributed by atoms with E-state index in [1.165, 1.54) is 19.2 Å². The minimum atomic E-state index is 0.0362. The summed E-state index contributed by atoms with van der Waals surface area (Å²) in [5.41, 5.74) is 1.33. The van der Waals surface area contributed by atoms with E-state index in [0.717, 1.165) is 43.6 Å². The van der Waals surface area contributed by atoms with Crippen molar-refractivity contribution in [3.05, 3.63) is 40.6 Å². The number of ether oxygens (including phenoxy) is 4. The van der Waals surface area contributed by atoms with Gasteiger partial charge in [-0.3, -0.25) is 4.90 Å². The number of aromatic nitrogens is 2. The summed E-state index contributed by atoms with van der Waals surface area (Å²) in [6.07, 6.45) is 5.70. The van der Waals surface area contributed by atoms with Crippen molar-refractivity contribution in [1.82, 2.24) is 14.9 Å². The summed E-state index contributed by atoms with van der Waals surface area (Å²) in [5.74, 6) is 2.46. The van der Waals surface area contributed by atoms with Gasteiger partial charge >= 0.3 is 0 Å². The number of fused-ring (bicyclic) bond motifs is 1. The van der Waals surface area contributed by atoms with Gasteiger partial charge in [-0.25, -0.2) is 9.97 Å². The molecule has 2 saturated heterocycles. The number of nitrogens with zero attached hydrogens (tertiary/aromatic N) is 3. The molecule has 36 heavy (non-hydrogen) atoms. The second kappa shape index (κ2) is 11.7. The van der Waals surface area contributed by atoms with E-state index in [9.17, 15) is 0 Å². The van der Waals surface area contributed by atoms with E-state index in [0.29, 0.717) is 58.4 Å². The summed E-state index contributed by atoms with van der Waals surface area (Å²) in [6.45, 7) is 5.14. The van der Waals surface area contributed by atoms with E-state index in [1.807, 2.05) is 12.1 Å². The fraction of sp³-hybridized carbons (Fsp3) is 0.462. The van der Waals surface area contributed by atoms with Crippen molar-refractivity contribution in [2.24, 2.45) is 0 Å². The lowest BCUT2D eigenvalue weighted by molar-refractivity contribution is 0.0261. The van der Waals surface area contributed by atoms with Crippen LogP contribution in [0.1, 0.15) is 25.7 Å². The zero-order valence-corrected chi connectivity index (χ0v) is 21.8. The highest BCUT2D eigenvalue weighted by atomic mass is 35.5. The van der Waals surface area contributed by atoms with Crippen molar-refractivity contribution >= 4 is 45.6 Å². The third-order valence-electron chi connectivity index (χ3n) is 6.51. The third kappa shape index (κ3) is 5.89. The Morgan fingerprint density at radius 3 is 2.61 bits per heavy atom. The maximum atomic E-state index is 6.49. The second-order valence-corrected chi connectivity index (χ2v) is 9.77. The Hall–Kier alpha value is -2.52. The number of anilines is 2. The van der Waals surface area contributed by atoms with Gasteiger partial charge in [0.2, 0.25) is 0 Å². The normalized spacial score (nSPS) is 16.9. The van der Waals surface area contributed by atoms with Gasteiger partial charge in [0.15, 0.2) is 0 Å². The summed E-state index contributed by atoms with van der Waals surface area (Å²) in [5, 5.41) is 4.95. The lowest BCUT2D eigenvalue weighted by Gasteiger charge is -2.25. The molecule has 8 nitrogen and oxygen atoms in total. The maximum Gasteiger partial charge on any atom is 0.145 e. The minimum Gasteiger partial charge on any atom is -0.495 e. The largest absolute Gasteiger partial charge is 0.495 e. The predicted molar refractivity (Wildman–Crippen MR) is 141 cm³/mol. The molecule has 0 bridgehead atoms. The first kappa shape index (κ1) is 25.1. The minimum absolute atomic E-state index is 0.0362. The molecule has 3 aromatic rings. The van der Waals surface area contributed by atoms with E-state index in [4.69, 9.17) is 42.1 Å². The smallest absolute Gasteiger partial charge is 0.145 e. The number of benzene rings is 2. The summed E-state index contributed by atoms with van der Waals surface area (Å²) < 4.78 is 23.5. The molecular weight excluding hydrogens is 503 g/mol. The molecule has 3 heterocycles. The molecule has 1 aromatic heterocycles. The van der Waals surface area contributed by atoms with Crippen LogP contribution in [0.3, 0.4) is 0 Å². The van der Waals surface area contributed by atoms with Gasteiger partial charge in [-0.1, -0.05) is 23.2 Å². The molecule has 0 aliphatic carbocycles. The van der Waals surface area contributed by atoms with Crippen molar-refractivity contribution < 1.29 is 18.9 Å². The Balaban J connectivity index is 1.47. The number of hydrogen-bond donors (Lipinski definition) is 1. The van der Waals surface area contributed by atoms with Crippen LogP contribution < -0.4 is 19.5 Å². The fourth-order valence-corrected chi connectivity index (χ4v) is 5.09. The average molecular weight is 533 g/mol. The highest BCUT2D eigenvalue weighted by Crippen LogP contribution is 2.40. The van der Waals surface area contributed by atoms with Gasteiger partial charge in [-0.15, -0.1) is 0 Å². The van der Waals surface area contributed by atoms with Crippen LogP contribution in [0.15, 0.2) is 30.6 Å². The molecule has 0 saturated carbocycles. The average Bonchev–Trinajstić information content (AvgIpc) is 3.40. The van der Waals surface area contributed by atoms with Crippen LogP contribution in [0.5, 0.6) is 17.2 Å². The lowest BCUT2D eigenvalue weighted by Crippen LogP contribution is -2.26. The second-order valence-electron chi connectivity index (χ2n) is 8.96. The zero-order chi connectivity index (χ0) is 24.9. The van der Waals surface area contributed by atoms with E-state index in [-0.39, 0.29) is 6.10 Å². The molecule has 2 fully saturated rings. The molecule has 0 radical (unpaired) electrons. The first-order valence-electron chi connectivity index (χ1n) is 12.3. The number of rotatable bonds is 9. The molecule has 0 unspecified atom stereocenters. The molecule has 0 spiro atoms. The highest BCUT2D eigenvalue weighted by molar-refractivity contribution is 6.37. The van der Waals surface area contributed by atoms with E-state index in [2.05, 4.69) is 20.2 Å². The molecule has 2 aliphatic rings. The van der Waals surface area contributed by atoms with Crippen LogP contribution in [0.2, 0.25) is 10.0 Å². The number of halogens is 2. The quantitative estimate of drug-likeness (QED) is 0.374. The zero-order valence-electron chi connectivity index (χ0n) is 20.3. The predicted octanol–water partition coefficient (Wildman–Crippen LogP) is 5.72. The number of nitrogens with one attached hydrogen (secondary N) is 1. The molecule has 10 heteroatoms. The molecule has 2 aromatic carbocycles. The fourth-order valence-electron chi connectivity index (χ4n) is 4.58. The Bertz CT molecular complexity index is 1200. The van der Waals surface area contributed by atoms with Crippen LogP contribution >= 0.6 is 23.2 Å². The topological polar surface area (TPSA) is 78.0 Å². The molecule has 192 valence electrons. The monoisotopic (exact) mass is 532 g/mol. The highest BCUT2D eigenvalue weighted by Gasteiger charge is 2.21. The van der Waals surface area contributed by atoms with Gasteiger partial charge in [-0.05, 0) is 32.0 Å². The van der Waals surface area contributed by atoms with E-state index >= 15 is 0 Å². The van der Waals surface area contributed by atoms with Crippen LogP contribution in [-0.4, -0.2) is 67.5 Å². The summed E-state index contributed by atoms with van der Waals surface area (Å²) in [4.78, 5) is 11.5.